The molecule has 4 heteroatoms. The molecule has 0 saturated carbocycles. The van der Waals surface area contributed by atoms with Crippen molar-refractivity contribution in [3.8, 4) is 0 Å². The molecule has 0 spiro atoms. The average Bonchev–Trinajstić information content (AvgIpc) is 2.83. The molecule has 0 bridgehead atoms. The van der Waals surface area contributed by atoms with Crippen LogP contribution >= 0.6 is 0 Å². The van der Waals surface area contributed by atoms with Crippen LogP contribution in [0.3, 0.4) is 0 Å². The maximum atomic E-state index is 4.31. The van der Waals surface area contributed by atoms with Crippen LogP contribution in [0.2, 0.25) is 0 Å². The van der Waals surface area contributed by atoms with Gasteiger partial charge in [0.25, 0.3) is 0 Å². The Morgan fingerprint density at radius 1 is 1.37 bits per heavy atom. The molecule has 0 amide bonds. The zero-order valence-electron chi connectivity index (χ0n) is 11.5. The normalized spacial score (nSPS) is 17.3. The van der Waals surface area contributed by atoms with E-state index < -0.39 is 0 Å². The van der Waals surface area contributed by atoms with Gasteiger partial charge < -0.3 is 5.32 Å². The van der Waals surface area contributed by atoms with E-state index in [1.165, 1.54) is 17.5 Å². The van der Waals surface area contributed by atoms with Gasteiger partial charge in [0.15, 0.2) is 0 Å². The molecule has 1 aliphatic rings. The molecule has 1 atom stereocenters. The van der Waals surface area contributed by atoms with Gasteiger partial charge in [-0.25, -0.2) is 9.67 Å². The number of nitrogens with one attached hydrogen (secondary N) is 1. The molecule has 1 unspecified atom stereocenters. The predicted octanol–water partition coefficient (Wildman–Crippen LogP) is 2.29. The van der Waals surface area contributed by atoms with Crippen LogP contribution < -0.4 is 5.32 Å². The molecule has 0 radical (unpaired) electrons. The largest absolute Gasteiger partial charge is 0.309 e. The first-order chi connectivity index (χ1) is 9.25. The van der Waals surface area contributed by atoms with Crippen LogP contribution in [0.5, 0.6) is 0 Å². The van der Waals surface area contributed by atoms with Crippen LogP contribution in [-0.4, -0.2) is 21.3 Å². The summed E-state index contributed by atoms with van der Waals surface area (Å²) in [4.78, 5) is 4.31. The molecule has 100 valence electrons. The zero-order chi connectivity index (χ0) is 13.2. The molecule has 0 aliphatic heterocycles. The van der Waals surface area contributed by atoms with Gasteiger partial charge in [-0.05, 0) is 31.4 Å². The molecule has 1 aromatic heterocycles. The highest BCUT2D eigenvalue weighted by molar-refractivity contribution is 5.40. The van der Waals surface area contributed by atoms with Crippen molar-refractivity contribution < 1.29 is 0 Å². The van der Waals surface area contributed by atoms with Crippen LogP contribution in [0.1, 0.15) is 42.8 Å². The summed E-state index contributed by atoms with van der Waals surface area (Å²) < 4.78 is 1.97. The second-order valence-electron chi connectivity index (χ2n) is 5.45. The standard InChI is InChI=1S/C15H20N4/c1-11(2)19-15(17-10-18-19)9-16-8-13-7-12-5-3-4-6-14(12)13/h3-6,10-11,13,16H,7-9H2,1-2H3. The highest BCUT2D eigenvalue weighted by Gasteiger charge is 2.24. The molecule has 1 N–H and O–H groups in total. The number of rotatable bonds is 5. The van der Waals surface area contributed by atoms with E-state index in [-0.39, 0.29) is 0 Å². The lowest BCUT2D eigenvalue weighted by atomic mass is 9.78. The van der Waals surface area contributed by atoms with E-state index in [1.54, 1.807) is 6.33 Å². The summed E-state index contributed by atoms with van der Waals surface area (Å²) in [5.74, 6) is 1.68. The SMILES string of the molecule is CC(C)n1ncnc1CNCC1Cc2ccccc21. The fourth-order valence-corrected chi connectivity index (χ4v) is 2.73. The van der Waals surface area contributed by atoms with E-state index in [0.717, 1.165) is 18.9 Å². The maximum Gasteiger partial charge on any atom is 0.141 e. The van der Waals surface area contributed by atoms with E-state index in [4.69, 9.17) is 0 Å². The highest BCUT2D eigenvalue weighted by Crippen LogP contribution is 2.33. The van der Waals surface area contributed by atoms with E-state index in [9.17, 15) is 0 Å². The molecule has 0 saturated heterocycles. The Kier molecular flexibility index (Phi) is 3.34. The lowest BCUT2D eigenvalue weighted by Crippen LogP contribution is -2.29. The van der Waals surface area contributed by atoms with Gasteiger partial charge in [-0.2, -0.15) is 5.10 Å². The van der Waals surface area contributed by atoms with Gasteiger partial charge in [0.2, 0.25) is 0 Å². The number of fused-ring (bicyclic) bond motifs is 1. The van der Waals surface area contributed by atoms with E-state index in [0.29, 0.717) is 12.0 Å². The molecule has 2 aromatic rings. The van der Waals surface area contributed by atoms with Crippen molar-refractivity contribution in [1.29, 1.82) is 0 Å². The van der Waals surface area contributed by atoms with Crippen molar-refractivity contribution in [3.63, 3.8) is 0 Å². The second-order valence-corrected chi connectivity index (χ2v) is 5.45. The van der Waals surface area contributed by atoms with Crippen LogP contribution in [0.15, 0.2) is 30.6 Å². The van der Waals surface area contributed by atoms with E-state index >= 15 is 0 Å². The van der Waals surface area contributed by atoms with Crippen LogP contribution in [-0.2, 0) is 13.0 Å². The molecular formula is C15H20N4. The van der Waals surface area contributed by atoms with Crippen molar-refractivity contribution >= 4 is 0 Å². The minimum Gasteiger partial charge on any atom is -0.309 e. The first-order valence-electron chi connectivity index (χ1n) is 6.92. The predicted molar refractivity (Wildman–Crippen MR) is 75.0 cm³/mol. The molecule has 1 heterocycles. The summed E-state index contributed by atoms with van der Waals surface area (Å²) in [7, 11) is 0. The second kappa shape index (κ2) is 5.13. The quantitative estimate of drug-likeness (QED) is 0.892. The number of hydrogen-bond donors (Lipinski definition) is 1. The lowest BCUT2D eigenvalue weighted by molar-refractivity contribution is 0.474. The van der Waals surface area contributed by atoms with Gasteiger partial charge in [0, 0.05) is 18.5 Å². The minimum atomic E-state index is 0.365. The summed E-state index contributed by atoms with van der Waals surface area (Å²) in [6, 6.07) is 9.07. The molecular weight excluding hydrogens is 236 g/mol. The Morgan fingerprint density at radius 2 is 2.21 bits per heavy atom. The molecule has 1 aliphatic carbocycles. The number of nitrogens with zero attached hydrogens (tertiary/aromatic N) is 3. The lowest BCUT2D eigenvalue weighted by Gasteiger charge is -2.30. The van der Waals surface area contributed by atoms with Gasteiger partial charge in [0.05, 0.1) is 6.54 Å². The third-order valence-electron chi connectivity index (χ3n) is 3.77. The first kappa shape index (κ1) is 12.4. The molecule has 3 rings (SSSR count). The fraction of sp³-hybridized carbons (Fsp3) is 0.467. The average molecular weight is 256 g/mol. The summed E-state index contributed by atoms with van der Waals surface area (Å²) in [6.45, 7) is 6.06. The summed E-state index contributed by atoms with van der Waals surface area (Å²) >= 11 is 0. The van der Waals surface area contributed by atoms with Crippen LogP contribution in [0.25, 0.3) is 0 Å². The number of benzene rings is 1. The minimum absolute atomic E-state index is 0.365. The Balaban J connectivity index is 1.54. The smallest absolute Gasteiger partial charge is 0.141 e. The molecule has 4 nitrogen and oxygen atoms in total. The van der Waals surface area contributed by atoms with Gasteiger partial charge in [-0.3, -0.25) is 0 Å². The third kappa shape index (κ3) is 2.40. The highest BCUT2D eigenvalue weighted by atomic mass is 15.3. The Morgan fingerprint density at radius 3 is 3.00 bits per heavy atom. The fourth-order valence-electron chi connectivity index (χ4n) is 2.73. The molecule has 0 fully saturated rings. The topological polar surface area (TPSA) is 42.7 Å². The van der Waals surface area contributed by atoms with Gasteiger partial charge in [0.1, 0.15) is 12.2 Å². The third-order valence-corrected chi connectivity index (χ3v) is 3.77. The summed E-state index contributed by atoms with van der Waals surface area (Å²) in [6.07, 6.45) is 2.83. The monoisotopic (exact) mass is 256 g/mol. The van der Waals surface area contributed by atoms with Gasteiger partial charge >= 0.3 is 0 Å². The summed E-state index contributed by atoms with van der Waals surface area (Å²) in [5, 5.41) is 7.75. The van der Waals surface area contributed by atoms with Crippen molar-refractivity contribution in [2.75, 3.05) is 6.54 Å². The van der Waals surface area contributed by atoms with Gasteiger partial charge in [-0.15, -0.1) is 0 Å². The number of aromatic nitrogens is 3. The van der Waals surface area contributed by atoms with E-state index in [1.807, 2.05) is 4.68 Å². The first-order valence-corrected chi connectivity index (χ1v) is 6.92. The number of hydrogen-bond acceptors (Lipinski definition) is 3. The Bertz CT molecular complexity index is 559. The van der Waals surface area contributed by atoms with Crippen molar-refractivity contribution in [2.45, 2.75) is 38.8 Å². The van der Waals surface area contributed by atoms with E-state index in [2.05, 4.69) is 53.5 Å². The Hall–Kier alpha value is -1.68. The van der Waals surface area contributed by atoms with Crippen molar-refractivity contribution in [1.82, 2.24) is 20.1 Å². The van der Waals surface area contributed by atoms with Crippen LogP contribution in [0.4, 0.5) is 0 Å². The summed E-state index contributed by atoms with van der Waals surface area (Å²) in [5.41, 5.74) is 3.00. The Labute approximate surface area is 113 Å². The van der Waals surface area contributed by atoms with Crippen molar-refractivity contribution in [2.24, 2.45) is 0 Å². The maximum absolute atomic E-state index is 4.31. The zero-order valence-corrected chi connectivity index (χ0v) is 11.5. The van der Waals surface area contributed by atoms with Gasteiger partial charge in [-0.1, -0.05) is 24.3 Å². The van der Waals surface area contributed by atoms with Crippen LogP contribution in [0, 0.1) is 0 Å². The molecule has 1 aromatic carbocycles. The van der Waals surface area contributed by atoms with Crippen molar-refractivity contribution in [3.05, 3.63) is 47.5 Å². The molecule has 19 heavy (non-hydrogen) atoms.